The monoisotopic (exact) mass is 425 g/mol. The van der Waals surface area contributed by atoms with Gasteiger partial charge in [0, 0.05) is 19.0 Å². The molecule has 0 spiro atoms. The van der Waals surface area contributed by atoms with E-state index in [0.29, 0.717) is 23.4 Å². The Balaban J connectivity index is 1.67. The zero-order valence-electron chi connectivity index (χ0n) is 17.7. The van der Waals surface area contributed by atoms with Crippen LogP contribution in [-0.2, 0) is 9.59 Å². The molecular formula is C22H27N5O4. The van der Waals surface area contributed by atoms with E-state index in [1.54, 1.807) is 24.3 Å². The van der Waals surface area contributed by atoms with Gasteiger partial charge in [-0.05, 0) is 37.8 Å². The van der Waals surface area contributed by atoms with Crippen LogP contribution in [0.4, 0.5) is 17.5 Å². The van der Waals surface area contributed by atoms with Crippen molar-refractivity contribution < 1.29 is 14.3 Å². The molecule has 31 heavy (non-hydrogen) atoms. The maximum absolute atomic E-state index is 13.0. The van der Waals surface area contributed by atoms with Crippen molar-refractivity contribution in [3.8, 4) is 5.75 Å². The Labute approximate surface area is 180 Å². The lowest BCUT2D eigenvalue weighted by atomic mass is 9.92. The van der Waals surface area contributed by atoms with Crippen LogP contribution in [0.2, 0.25) is 0 Å². The summed E-state index contributed by atoms with van der Waals surface area (Å²) in [5, 5.41) is 5.46. The van der Waals surface area contributed by atoms with Gasteiger partial charge in [0.05, 0.1) is 24.3 Å². The maximum Gasteiger partial charge on any atom is 0.258 e. The molecule has 2 amide bonds. The average Bonchev–Trinajstić information content (AvgIpc) is 2.78. The molecule has 1 aromatic carbocycles. The number of nitrogens with zero attached hydrogens (tertiary/aromatic N) is 2. The molecule has 1 saturated heterocycles. The molecule has 164 valence electrons. The molecule has 1 aromatic heterocycles. The summed E-state index contributed by atoms with van der Waals surface area (Å²) in [6.45, 7) is 2.91. The molecule has 0 saturated carbocycles. The van der Waals surface area contributed by atoms with Crippen LogP contribution in [0.15, 0.2) is 29.1 Å². The number of ether oxygens (including phenoxy) is 1. The summed E-state index contributed by atoms with van der Waals surface area (Å²) in [4.78, 5) is 47.9. The maximum atomic E-state index is 13.0. The van der Waals surface area contributed by atoms with E-state index in [4.69, 9.17) is 4.74 Å². The Kier molecular flexibility index (Phi) is 5.92. The van der Waals surface area contributed by atoms with Crippen molar-refractivity contribution in [1.82, 2.24) is 9.97 Å². The Morgan fingerprint density at radius 2 is 2.10 bits per heavy atom. The molecular weight excluding hydrogens is 398 g/mol. The minimum atomic E-state index is -0.942. The summed E-state index contributed by atoms with van der Waals surface area (Å²) in [5.41, 5.74) is 0.254. The highest BCUT2D eigenvalue weighted by molar-refractivity contribution is 6.04. The number of nitrogens with one attached hydrogen (secondary N) is 3. The quantitative estimate of drug-likeness (QED) is 0.678. The van der Waals surface area contributed by atoms with Crippen LogP contribution in [0.1, 0.15) is 50.5 Å². The van der Waals surface area contributed by atoms with Gasteiger partial charge in [-0.2, -0.15) is 4.98 Å². The van der Waals surface area contributed by atoms with Crippen LogP contribution in [-0.4, -0.2) is 41.5 Å². The Hall–Kier alpha value is -3.36. The van der Waals surface area contributed by atoms with E-state index in [9.17, 15) is 14.4 Å². The van der Waals surface area contributed by atoms with Crippen molar-refractivity contribution in [2.24, 2.45) is 0 Å². The topological polar surface area (TPSA) is 116 Å². The second-order valence-electron chi connectivity index (χ2n) is 7.90. The highest BCUT2D eigenvalue weighted by Gasteiger charge is 2.36. The molecule has 0 radical (unpaired) electrons. The molecule has 2 aliphatic heterocycles. The van der Waals surface area contributed by atoms with Crippen LogP contribution in [0.5, 0.6) is 5.75 Å². The van der Waals surface area contributed by atoms with Crippen LogP contribution in [0.25, 0.3) is 0 Å². The SMILES string of the molecule is CC[C@H]1CCCCN1c1nc2c(c(=O)[nH]1)[C@@H](C(=O)Nc1ccccc1OC)CC(=O)N2. The molecule has 0 aliphatic carbocycles. The first-order chi connectivity index (χ1) is 15.0. The number of benzene rings is 1. The number of para-hydroxylation sites is 2. The van der Waals surface area contributed by atoms with Gasteiger partial charge in [-0.25, -0.2) is 0 Å². The minimum absolute atomic E-state index is 0.126. The Morgan fingerprint density at radius 1 is 1.29 bits per heavy atom. The number of amides is 2. The smallest absolute Gasteiger partial charge is 0.258 e. The molecule has 9 heteroatoms. The first-order valence-corrected chi connectivity index (χ1v) is 10.7. The van der Waals surface area contributed by atoms with E-state index in [1.807, 2.05) is 0 Å². The summed E-state index contributed by atoms with van der Waals surface area (Å²) in [6, 6.07) is 7.27. The molecule has 3 heterocycles. The number of aromatic amines is 1. The van der Waals surface area contributed by atoms with Gasteiger partial charge in [0.2, 0.25) is 17.8 Å². The van der Waals surface area contributed by atoms with E-state index in [2.05, 4.69) is 32.4 Å². The van der Waals surface area contributed by atoms with E-state index < -0.39 is 17.4 Å². The van der Waals surface area contributed by atoms with Gasteiger partial charge in [0.15, 0.2) is 0 Å². The summed E-state index contributed by atoms with van der Waals surface area (Å²) < 4.78 is 5.27. The number of anilines is 3. The van der Waals surface area contributed by atoms with Gasteiger partial charge in [0.25, 0.3) is 5.56 Å². The highest BCUT2D eigenvalue weighted by atomic mass is 16.5. The predicted molar refractivity (Wildman–Crippen MR) is 118 cm³/mol. The normalized spacial score (nSPS) is 20.6. The number of carbonyl (C=O) groups is 2. The molecule has 0 bridgehead atoms. The van der Waals surface area contributed by atoms with Crippen molar-refractivity contribution in [3.63, 3.8) is 0 Å². The number of carbonyl (C=O) groups excluding carboxylic acids is 2. The average molecular weight is 425 g/mol. The summed E-state index contributed by atoms with van der Waals surface area (Å²) in [6.07, 6.45) is 4.02. The van der Waals surface area contributed by atoms with Crippen LogP contribution >= 0.6 is 0 Å². The number of rotatable bonds is 5. The van der Waals surface area contributed by atoms with Crippen molar-refractivity contribution in [1.29, 1.82) is 0 Å². The summed E-state index contributed by atoms with van der Waals surface area (Å²) in [7, 11) is 1.51. The summed E-state index contributed by atoms with van der Waals surface area (Å²) >= 11 is 0. The number of H-pyrrole nitrogens is 1. The second-order valence-corrected chi connectivity index (χ2v) is 7.90. The number of piperidine rings is 1. The third kappa shape index (κ3) is 4.12. The van der Waals surface area contributed by atoms with Gasteiger partial charge >= 0.3 is 0 Å². The van der Waals surface area contributed by atoms with Crippen molar-refractivity contribution in [3.05, 3.63) is 40.2 Å². The van der Waals surface area contributed by atoms with Crippen molar-refractivity contribution >= 4 is 29.3 Å². The van der Waals surface area contributed by atoms with Gasteiger partial charge in [0.1, 0.15) is 11.6 Å². The molecule has 2 aromatic rings. The zero-order chi connectivity index (χ0) is 22.0. The first-order valence-electron chi connectivity index (χ1n) is 10.7. The largest absolute Gasteiger partial charge is 0.495 e. The molecule has 9 nitrogen and oxygen atoms in total. The predicted octanol–water partition coefficient (Wildman–Crippen LogP) is 2.61. The highest BCUT2D eigenvalue weighted by Crippen LogP contribution is 2.33. The third-order valence-corrected chi connectivity index (χ3v) is 5.99. The van der Waals surface area contributed by atoms with E-state index in [-0.39, 0.29) is 23.7 Å². The molecule has 2 aliphatic rings. The fraction of sp³-hybridized carbons (Fsp3) is 0.455. The van der Waals surface area contributed by atoms with Crippen LogP contribution in [0, 0.1) is 0 Å². The molecule has 2 atom stereocenters. The lowest BCUT2D eigenvalue weighted by Crippen LogP contribution is -2.43. The van der Waals surface area contributed by atoms with Gasteiger partial charge in [-0.15, -0.1) is 0 Å². The number of aromatic nitrogens is 2. The Bertz CT molecular complexity index is 1050. The van der Waals surface area contributed by atoms with Gasteiger partial charge in [-0.3, -0.25) is 19.4 Å². The summed E-state index contributed by atoms with van der Waals surface area (Å²) in [5.74, 6) is -0.638. The number of hydrogen-bond donors (Lipinski definition) is 3. The minimum Gasteiger partial charge on any atom is -0.495 e. The van der Waals surface area contributed by atoms with E-state index in [1.165, 1.54) is 7.11 Å². The van der Waals surface area contributed by atoms with Gasteiger partial charge in [-0.1, -0.05) is 19.1 Å². The van der Waals surface area contributed by atoms with E-state index in [0.717, 1.165) is 32.2 Å². The van der Waals surface area contributed by atoms with Crippen molar-refractivity contribution in [2.45, 2.75) is 51.0 Å². The lowest BCUT2D eigenvalue weighted by molar-refractivity contribution is -0.123. The van der Waals surface area contributed by atoms with Gasteiger partial charge < -0.3 is 20.3 Å². The third-order valence-electron chi connectivity index (χ3n) is 5.99. The second kappa shape index (κ2) is 8.79. The van der Waals surface area contributed by atoms with Crippen LogP contribution < -0.4 is 25.8 Å². The van der Waals surface area contributed by atoms with Crippen molar-refractivity contribution in [2.75, 3.05) is 29.2 Å². The fourth-order valence-corrected chi connectivity index (χ4v) is 4.39. The lowest BCUT2D eigenvalue weighted by Gasteiger charge is -2.36. The standard InChI is InChI=1S/C22H27N5O4/c1-3-13-8-6-7-11-27(13)22-25-19-18(21(30)26-22)14(12-17(28)24-19)20(29)23-15-9-4-5-10-16(15)31-2/h4-5,9-10,13-14H,3,6-8,11-12H2,1-2H3,(H,23,29)(H2,24,25,26,28,30)/t13-,14-/m0/s1. The molecule has 3 N–H and O–H groups in total. The first kappa shape index (κ1) is 20.9. The number of hydrogen-bond acceptors (Lipinski definition) is 6. The molecule has 4 rings (SSSR count). The molecule has 0 unspecified atom stereocenters. The molecule has 1 fully saturated rings. The van der Waals surface area contributed by atoms with E-state index >= 15 is 0 Å². The fourth-order valence-electron chi connectivity index (χ4n) is 4.39. The zero-order valence-corrected chi connectivity index (χ0v) is 17.7. The Morgan fingerprint density at radius 3 is 2.87 bits per heavy atom. The number of methoxy groups -OCH3 is 1. The number of fused-ring (bicyclic) bond motifs is 1. The van der Waals surface area contributed by atoms with Crippen LogP contribution in [0.3, 0.4) is 0 Å².